The van der Waals surface area contributed by atoms with Crippen LogP contribution < -0.4 is 5.32 Å². The molecular weight excluding hydrogens is 305 g/mol. The van der Waals surface area contributed by atoms with Gasteiger partial charge in [0, 0.05) is 26.2 Å². The summed E-state index contributed by atoms with van der Waals surface area (Å²) in [6.45, 7) is 0.485. The van der Waals surface area contributed by atoms with Crippen LogP contribution in [0.1, 0.15) is 0 Å². The van der Waals surface area contributed by atoms with Gasteiger partial charge in [-0.3, -0.25) is 10.1 Å². The second-order valence-corrected chi connectivity index (χ2v) is 6.65. The smallest absolute Gasteiger partial charge is 0.272 e. The number of benzene rings is 1. The first-order chi connectivity index (χ1) is 9.75. The van der Waals surface area contributed by atoms with Crippen LogP contribution in [0.25, 0.3) is 0 Å². The van der Waals surface area contributed by atoms with Gasteiger partial charge >= 0.3 is 0 Å². The van der Waals surface area contributed by atoms with Crippen molar-refractivity contribution in [3.05, 3.63) is 34.1 Å². The van der Waals surface area contributed by atoms with E-state index in [9.17, 15) is 28.0 Å². The number of hydrogen-bond acceptors (Lipinski definition) is 6. The molecule has 0 radical (unpaired) electrons. The number of non-ortho nitro benzene ring substituents is 1. The molecule has 1 fully saturated rings. The quantitative estimate of drug-likeness (QED) is 0.581. The molecule has 2 atom stereocenters. The standard InChI is InChI=1S/C11H14FN3O5S/c1-14(9-5-13-6-10(9)16)21(19,20)11-3-2-7(15(17)18)4-8(11)12/h2-4,9-10,13,16H,5-6H2,1H3/t9-,10-/m0/s1. The zero-order chi connectivity index (χ0) is 15.8. The lowest BCUT2D eigenvalue weighted by atomic mass is 10.2. The minimum absolute atomic E-state index is 0.242. The monoisotopic (exact) mass is 319 g/mol. The van der Waals surface area contributed by atoms with Crippen molar-refractivity contribution in [2.75, 3.05) is 20.1 Å². The fraction of sp³-hybridized carbons (Fsp3) is 0.455. The fourth-order valence-corrected chi connectivity index (χ4v) is 3.60. The predicted molar refractivity (Wildman–Crippen MR) is 70.7 cm³/mol. The summed E-state index contributed by atoms with van der Waals surface area (Å²) in [6.07, 6.45) is -0.897. The van der Waals surface area contributed by atoms with Crippen LogP contribution in [-0.2, 0) is 10.0 Å². The van der Waals surface area contributed by atoms with Crippen molar-refractivity contribution in [3.8, 4) is 0 Å². The molecule has 1 heterocycles. The molecule has 1 saturated heterocycles. The number of nitrogens with zero attached hydrogens (tertiary/aromatic N) is 2. The number of halogens is 1. The van der Waals surface area contributed by atoms with Gasteiger partial charge in [0.25, 0.3) is 5.69 Å². The van der Waals surface area contributed by atoms with Gasteiger partial charge in [-0.25, -0.2) is 12.8 Å². The summed E-state index contributed by atoms with van der Waals surface area (Å²) < 4.78 is 39.4. The molecule has 1 aromatic rings. The van der Waals surface area contributed by atoms with Gasteiger partial charge in [-0.1, -0.05) is 0 Å². The topological polar surface area (TPSA) is 113 Å². The Kier molecular flexibility index (Phi) is 4.23. The van der Waals surface area contributed by atoms with Gasteiger partial charge in [0.05, 0.1) is 23.1 Å². The molecule has 0 aliphatic carbocycles. The number of aliphatic hydroxyl groups excluding tert-OH is 1. The lowest BCUT2D eigenvalue weighted by Gasteiger charge is -2.25. The Morgan fingerprint density at radius 1 is 1.48 bits per heavy atom. The lowest BCUT2D eigenvalue weighted by molar-refractivity contribution is -0.385. The molecule has 2 rings (SSSR count). The Morgan fingerprint density at radius 2 is 2.14 bits per heavy atom. The zero-order valence-electron chi connectivity index (χ0n) is 11.1. The Labute approximate surface area is 120 Å². The first kappa shape index (κ1) is 15.8. The highest BCUT2D eigenvalue weighted by molar-refractivity contribution is 7.89. The van der Waals surface area contributed by atoms with Gasteiger partial charge in [-0.05, 0) is 6.07 Å². The summed E-state index contributed by atoms with van der Waals surface area (Å²) in [6, 6.07) is 1.62. The van der Waals surface area contributed by atoms with E-state index >= 15 is 0 Å². The summed E-state index contributed by atoms with van der Waals surface area (Å²) in [5.41, 5.74) is -0.531. The molecule has 2 N–H and O–H groups in total. The van der Waals surface area contributed by atoms with Gasteiger partial charge in [0.15, 0.2) is 0 Å². The molecule has 21 heavy (non-hydrogen) atoms. The summed E-state index contributed by atoms with van der Waals surface area (Å²) >= 11 is 0. The molecule has 1 aromatic carbocycles. The van der Waals surface area contributed by atoms with E-state index in [1.807, 2.05) is 0 Å². The van der Waals surface area contributed by atoms with Crippen molar-refractivity contribution in [2.45, 2.75) is 17.0 Å². The highest BCUT2D eigenvalue weighted by Gasteiger charge is 2.37. The van der Waals surface area contributed by atoms with Gasteiger partial charge in [-0.2, -0.15) is 4.31 Å². The summed E-state index contributed by atoms with van der Waals surface area (Å²) in [4.78, 5) is 9.07. The number of β-amino-alcohol motifs (C(OH)–C–C–N with tert-alkyl or cyclic N) is 1. The van der Waals surface area contributed by atoms with E-state index in [4.69, 9.17) is 0 Å². The maximum Gasteiger partial charge on any atom is 0.272 e. The molecule has 1 aliphatic heterocycles. The van der Waals surface area contributed by atoms with Crippen LogP contribution in [0.5, 0.6) is 0 Å². The first-order valence-electron chi connectivity index (χ1n) is 6.06. The van der Waals surface area contributed by atoms with Crippen LogP contribution in [0.4, 0.5) is 10.1 Å². The molecule has 0 spiro atoms. The van der Waals surface area contributed by atoms with Gasteiger partial charge in [0.2, 0.25) is 10.0 Å². The fourth-order valence-electron chi connectivity index (χ4n) is 2.17. The third-order valence-corrected chi connectivity index (χ3v) is 5.32. The molecule has 0 unspecified atom stereocenters. The molecule has 0 amide bonds. The maximum atomic E-state index is 13.9. The highest BCUT2D eigenvalue weighted by atomic mass is 32.2. The Morgan fingerprint density at radius 3 is 2.62 bits per heavy atom. The summed E-state index contributed by atoms with van der Waals surface area (Å²) in [5.74, 6) is -1.20. The normalized spacial score (nSPS) is 22.7. The number of nitro groups is 1. The number of nitro benzene ring substituents is 1. The van der Waals surface area contributed by atoms with E-state index in [2.05, 4.69) is 5.32 Å². The van der Waals surface area contributed by atoms with E-state index in [0.717, 1.165) is 16.4 Å². The van der Waals surface area contributed by atoms with Crippen molar-refractivity contribution in [1.82, 2.24) is 9.62 Å². The maximum absolute atomic E-state index is 13.9. The number of rotatable bonds is 4. The van der Waals surface area contributed by atoms with Crippen LogP contribution >= 0.6 is 0 Å². The van der Waals surface area contributed by atoms with Gasteiger partial charge in [-0.15, -0.1) is 0 Å². The molecule has 1 aliphatic rings. The highest BCUT2D eigenvalue weighted by Crippen LogP contribution is 2.25. The predicted octanol–water partition coefficient (Wildman–Crippen LogP) is -0.313. The van der Waals surface area contributed by atoms with Crippen molar-refractivity contribution in [1.29, 1.82) is 0 Å². The Hall–Kier alpha value is -1.62. The van der Waals surface area contributed by atoms with E-state index < -0.39 is 43.5 Å². The largest absolute Gasteiger partial charge is 0.390 e. The van der Waals surface area contributed by atoms with Gasteiger partial charge < -0.3 is 10.4 Å². The Bertz CT molecular complexity index is 666. The van der Waals surface area contributed by atoms with E-state index in [-0.39, 0.29) is 13.1 Å². The minimum atomic E-state index is -4.19. The molecule has 0 saturated carbocycles. The summed E-state index contributed by atoms with van der Waals surface area (Å²) in [7, 11) is -2.96. The second kappa shape index (κ2) is 5.64. The molecule has 8 nitrogen and oxygen atoms in total. The third kappa shape index (κ3) is 2.88. The number of hydrogen-bond donors (Lipinski definition) is 2. The average Bonchev–Trinajstić information content (AvgIpc) is 2.83. The summed E-state index contributed by atoms with van der Waals surface area (Å²) in [5, 5.41) is 23.1. The van der Waals surface area contributed by atoms with Crippen LogP contribution in [-0.4, -0.2) is 55.0 Å². The Balaban J connectivity index is 2.37. The number of likely N-dealkylation sites (N-methyl/N-ethyl adjacent to an activating group) is 1. The van der Waals surface area contributed by atoms with Crippen molar-refractivity contribution in [3.63, 3.8) is 0 Å². The van der Waals surface area contributed by atoms with Crippen LogP contribution in [0.2, 0.25) is 0 Å². The lowest BCUT2D eigenvalue weighted by Crippen LogP contribution is -2.44. The number of aliphatic hydroxyl groups is 1. The van der Waals surface area contributed by atoms with E-state index in [0.29, 0.717) is 6.07 Å². The minimum Gasteiger partial charge on any atom is -0.390 e. The molecular formula is C11H14FN3O5S. The molecule has 10 heteroatoms. The van der Waals surface area contributed by atoms with Crippen molar-refractivity contribution in [2.24, 2.45) is 0 Å². The molecule has 0 bridgehead atoms. The van der Waals surface area contributed by atoms with Crippen LogP contribution in [0.3, 0.4) is 0 Å². The zero-order valence-corrected chi connectivity index (χ0v) is 11.9. The number of nitrogens with one attached hydrogen (secondary N) is 1. The van der Waals surface area contributed by atoms with Crippen LogP contribution in [0, 0.1) is 15.9 Å². The van der Waals surface area contributed by atoms with Crippen LogP contribution in [0.15, 0.2) is 23.1 Å². The van der Waals surface area contributed by atoms with Crippen molar-refractivity contribution >= 4 is 15.7 Å². The molecule has 0 aromatic heterocycles. The van der Waals surface area contributed by atoms with E-state index in [1.165, 1.54) is 7.05 Å². The third-order valence-electron chi connectivity index (χ3n) is 3.40. The SMILES string of the molecule is CN([C@H]1CNC[C@@H]1O)S(=O)(=O)c1ccc([N+](=O)[O-])cc1F. The average molecular weight is 319 g/mol. The van der Waals surface area contributed by atoms with Crippen molar-refractivity contribution < 1.29 is 22.8 Å². The second-order valence-electron chi connectivity index (χ2n) is 4.69. The molecule has 116 valence electrons. The first-order valence-corrected chi connectivity index (χ1v) is 7.50. The number of sulfonamides is 1. The van der Waals surface area contributed by atoms with E-state index in [1.54, 1.807) is 0 Å². The van der Waals surface area contributed by atoms with Gasteiger partial charge in [0.1, 0.15) is 10.7 Å².